The molecule has 0 aromatic heterocycles. The molecule has 0 unspecified atom stereocenters. The minimum Gasteiger partial charge on any atom is -0.396 e. The molecular formula is C8H15FO. The molecule has 0 heterocycles. The van der Waals surface area contributed by atoms with E-state index in [0.717, 1.165) is 19.3 Å². The van der Waals surface area contributed by atoms with Crippen molar-refractivity contribution in [3.05, 3.63) is 0 Å². The van der Waals surface area contributed by atoms with Crippen LogP contribution in [0.4, 0.5) is 4.39 Å². The van der Waals surface area contributed by atoms with Gasteiger partial charge in [0.1, 0.15) is 6.17 Å². The van der Waals surface area contributed by atoms with Gasteiger partial charge in [0.25, 0.3) is 0 Å². The van der Waals surface area contributed by atoms with Crippen LogP contribution < -0.4 is 0 Å². The van der Waals surface area contributed by atoms with Gasteiger partial charge in [-0.3, -0.25) is 0 Å². The summed E-state index contributed by atoms with van der Waals surface area (Å²) in [4.78, 5) is 0. The average molecular weight is 146 g/mol. The molecule has 1 saturated carbocycles. The molecule has 1 aliphatic rings. The smallest absolute Gasteiger partial charge is 0.103 e. The lowest BCUT2D eigenvalue weighted by molar-refractivity contribution is 0.133. The Balaban J connectivity index is 2.25. The lowest BCUT2D eigenvalue weighted by Gasteiger charge is -2.24. The number of hydrogen-bond donors (Lipinski definition) is 1. The largest absolute Gasteiger partial charge is 0.396 e. The molecule has 0 spiro atoms. The molecule has 1 fully saturated rings. The highest BCUT2D eigenvalue weighted by molar-refractivity contribution is 4.74. The predicted octanol–water partition coefficient (Wildman–Crippen LogP) is 1.90. The van der Waals surface area contributed by atoms with Crippen molar-refractivity contribution in [3.8, 4) is 0 Å². The standard InChI is InChI=1S/C8H15FO/c9-8-4-2-1-3-7(8)5-6-10/h7-8,10H,1-6H2/t7-,8-/m0/s1. The summed E-state index contributed by atoms with van der Waals surface area (Å²) in [5, 5.41) is 8.57. The van der Waals surface area contributed by atoms with Crippen LogP contribution in [0.25, 0.3) is 0 Å². The van der Waals surface area contributed by atoms with Crippen LogP contribution in [0.5, 0.6) is 0 Å². The maximum atomic E-state index is 12.9. The van der Waals surface area contributed by atoms with Gasteiger partial charge in [0.2, 0.25) is 0 Å². The van der Waals surface area contributed by atoms with E-state index >= 15 is 0 Å². The summed E-state index contributed by atoms with van der Waals surface area (Å²) >= 11 is 0. The van der Waals surface area contributed by atoms with Gasteiger partial charge in [-0.25, -0.2) is 4.39 Å². The molecule has 1 N–H and O–H groups in total. The molecule has 0 bridgehead atoms. The van der Waals surface area contributed by atoms with Crippen LogP contribution >= 0.6 is 0 Å². The molecule has 0 aromatic rings. The van der Waals surface area contributed by atoms with Crippen LogP contribution in [0, 0.1) is 5.92 Å². The van der Waals surface area contributed by atoms with Gasteiger partial charge in [0, 0.05) is 6.61 Å². The summed E-state index contributed by atoms with van der Waals surface area (Å²) in [7, 11) is 0. The Morgan fingerprint density at radius 1 is 1.30 bits per heavy atom. The second-order valence-corrected chi connectivity index (χ2v) is 3.07. The molecule has 2 atom stereocenters. The van der Waals surface area contributed by atoms with Crippen LogP contribution in [0.1, 0.15) is 32.1 Å². The van der Waals surface area contributed by atoms with Gasteiger partial charge in [0.15, 0.2) is 0 Å². The summed E-state index contributed by atoms with van der Waals surface area (Å²) in [6, 6.07) is 0. The summed E-state index contributed by atoms with van der Waals surface area (Å²) in [5.41, 5.74) is 0. The van der Waals surface area contributed by atoms with Gasteiger partial charge in [-0.05, 0) is 25.2 Å². The van der Waals surface area contributed by atoms with E-state index in [-0.39, 0.29) is 12.5 Å². The highest BCUT2D eigenvalue weighted by Gasteiger charge is 2.23. The Morgan fingerprint density at radius 3 is 2.60 bits per heavy atom. The van der Waals surface area contributed by atoms with Gasteiger partial charge in [-0.2, -0.15) is 0 Å². The summed E-state index contributed by atoms with van der Waals surface area (Å²) in [6.07, 6.45) is 3.88. The predicted molar refractivity (Wildman–Crippen MR) is 38.6 cm³/mol. The molecule has 10 heavy (non-hydrogen) atoms. The SMILES string of the molecule is OCC[C@@H]1CCCC[C@@H]1F. The molecule has 0 aromatic carbocycles. The van der Waals surface area contributed by atoms with Crippen LogP contribution in [0.3, 0.4) is 0 Å². The summed E-state index contributed by atoms with van der Waals surface area (Å²) in [6.45, 7) is 0.144. The number of alkyl halides is 1. The van der Waals surface area contributed by atoms with Gasteiger partial charge < -0.3 is 5.11 Å². The van der Waals surface area contributed by atoms with Crippen molar-refractivity contribution in [1.29, 1.82) is 0 Å². The number of rotatable bonds is 2. The molecule has 1 nitrogen and oxygen atoms in total. The van der Waals surface area contributed by atoms with E-state index in [1.165, 1.54) is 0 Å². The van der Waals surface area contributed by atoms with Crippen molar-refractivity contribution >= 4 is 0 Å². The maximum absolute atomic E-state index is 12.9. The fourth-order valence-corrected chi connectivity index (χ4v) is 1.65. The van der Waals surface area contributed by atoms with Gasteiger partial charge in [0.05, 0.1) is 0 Å². The Bertz CT molecular complexity index is 93.3. The Morgan fingerprint density at radius 2 is 2.00 bits per heavy atom. The van der Waals surface area contributed by atoms with Crippen molar-refractivity contribution in [2.75, 3.05) is 6.61 Å². The van der Waals surface area contributed by atoms with Crippen LogP contribution in [0.2, 0.25) is 0 Å². The number of halogens is 1. The van der Waals surface area contributed by atoms with E-state index in [1.54, 1.807) is 0 Å². The fourth-order valence-electron chi connectivity index (χ4n) is 1.65. The fraction of sp³-hybridized carbons (Fsp3) is 1.00. The third kappa shape index (κ3) is 1.94. The third-order valence-electron chi connectivity index (χ3n) is 2.32. The zero-order valence-corrected chi connectivity index (χ0v) is 6.22. The number of aliphatic hydroxyl groups is 1. The first-order valence-corrected chi connectivity index (χ1v) is 4.09. The summed E-state index contributed by atoms with van der Waals surface area (Å²) < 4.78 is 12.9. The Kier molecular flexibility index (Phi) is 3.13. The highest BCUT2D eigenvalue weighted by Crippen LogP contribution is 2.28. The monoisotopic (exact) mass is 146 g/mol. The minimum absolute atomic E-state index is 0.144. The zero-order chi connectivity index (χ0) is 7.40. The van der Waals surface area contributed by atoms with E-state index in [4.69, 9.17) is 5.11 Å². The molecule has 0 saturated heterocycles. The van der Waals surface area contributed by atoms with E-state index in [1.807, 2.05) is 0 Å². The van der Waals surface area contributed by atoms with Gasteiger partial charge in [-0.15, -0.1) is 0 Å². The van der Waals surface area contributed by atoms with E-state index < -0.39 is 6.17 Å². The Hall–Kier alpha value is -0.110. The zero-order valence-electron chi connectivity index (χ0n) is 6.22. The molecule has 2 heteroatoms. The number of hydrogen-bond acceptors (Lipinski definition) is 1. The average Bonchev–Trinajstić information content (AvgIpc) is 1.94. The van der Waals surface area contributed by atoms with Crippen molar-refractivity contribution < 1.29 is 9.50 Å². The lowest BCUT2D eigenvalue weighted by atomic mass is 9.86. The maximum Gasteiger partial charge on any atom is 0.103 e. The lowest BCUT2D eigenvalue weighted by Crippen LogP contribution is -2.21. The first-order chi connectivity index (χ1) is 4.84. The second kappa shape index (κ2) is 3.91. The van der Waals surface area contributed by atoms with Crippen molar-refractivity contribution in [2.24, 2.45) is 5.92 Å². The van der Waals surface area contributed by atoms with Crippen molar-refractivity contribution in [3.63, 3.8) is 0 Å². The Labute approximate surface area is 61.2 Å². The first kappa shape index (κ1) is 7.99. The molecule has 60 valence electrons. The highest BCUT2D eigenvalue weighted by atomic mass is 19.1. The van der Waals surface area contributed by atoms with Crippen molar-refractivity contribution in [1.82, 2.24) is 0 Å². The molecule has 0 radical (unpaired) electrons. The van der Waals surface area contributed by atoms with E-state index in [9.17, 15) is 4.39 Å². The van der Waals surface area contributed by atoms with Gasteiger partial charge >= 0.3 is 0 Å². The topological polar surface area (TPSA) is 20.2 Å². The molecule has 1 rings (SSSR count). The molecular weight excluding hydrogens is 131 g/mol. The van der Waals surface area contributed by atoms with Crippen LogP contribution in [0.15, 0.2) is 0 Å². The first-order valence-electron chi connectivity index (χ1n) is 4.09. The summed E-state index contributed by atoms with van der Waals surface area (Å²) in [5.74, 6) is 0.152. The van der Waals surface area contributed by atoms with Crippen molar-refractivity contribution in [2.45, 2.75) is 38.3 Å². The number of aliphatic hydroxyl groups excluding tert-OH is 1. The van der Waals surface area contributed by atoms with Crippen LogP contribution in [-0.4, -0.2) is 17.9 Å². The molecule has 0 amide bonds. The molecule has 0 aliphatic heterocycles. The van der Waals surface area contributed by atoms with Crippen LogP contribution in [-0.2, 0) is 0 Å². The second-order valence-electron chi connectivity index (χ2n) is 3.07. The van der Waals surface area contributed by atoms with E-state index in [2.05, 4.69) is 0 Å². The molecule has 1 aliphatic carbocycles. The third-order valence-corrected chi connectivity index (χ3v) is 2.32. The normalized spacial score (nSPS) is 34.2. The van der Waals surface area contributed by atoms with Gasteiger partial charge in [-0.1, -0.05) is 12.8 Å². The quantitative estimate of drug-likeness (QED) is 0.630. The minimum atomic E-state index is -0.638. The van der Waals surface area contributed by atoms with E-state index in [0.29, 0.717) is 12.8 Å².